The molecule has 0 aromatic carbocycles. The Balaban J connectivity index is 2.08. The van der Waals surface area contributed by atoms with Crippen LogP contribution in [0.4, 0.5) is 0 Å². The monoisotopic (exact) mass is 252 g/mol. The van der Waals surface area contributed by atoms with Crippen LogP contribution in [0.2, 0.25) is 0 Å². The largest absolute Gasteiger partial charge is 0.376 e. The van der Waals surface area contributed by atoms with E-state index in [-0.39, 0.29) is 17.4 Å². The van der Waals surface area contributed by atoms with Crippen LogP contribution < -0.4 is 11.2 Å². The summed E-state index contributed by atoms with van der Waals surface area (Å²) in [6, 6.07) is 1.75. The summed E-state index contributed by atoms with van der Waals surface area (Å²) in [6.07, 6.45) is 1.90. The van der Waals surface area contributed by atoms with E-state index in [1.807, 2.05) is 0 Å². The number of fused-ring (bicyclic) bond motifs is 1. The molecule has 0 amide bonds. The summed E-state index contributed by atoms with van der Waals surface area (Å²) >= 11 is 1.35. The van der Waals surface area contributed by atoms with Gasteiger partial charge in [-0.05, 0) is 24.3 Å². The molecule has 6 heteroatoms. The molecule has 1 aliphatic heterocycles. The van der Waals surface area contributed by atoms with Crippen LogP contribution in [-0.2, 0) is 11.3 Å². The van der Waals surface area contributed by atoms with Crippen LogP contribution in [0.15, 0.2) is 21.0 Å². The molecule has 0 radical (unpaired) electrons. The highest BCUT2D eigenvalue weighted by Gasteiger charge is 2.18. The lowest BCUT2D eigenvalue weighted by molar-refractivity contribution is 0.0952. The van der Waals surface area contributed by atoms with E-state index in [2.05, 4.69) is 4.98 Å². The molecule has 2 aromatic rings. The number of rotatable bonds is 2. The van der Waals surface area contributed by atoms with Crippen LogP contribution in [-0.4, -0.2) is 22.3 Å². The number of nitrogens with zero attached hydrogens (tertiary/aromatic N) is 1. The van der Waals surface area contributed by atoms with Gasteiger partial charge in [-0.3, -0.25) is 9.36 Å². The van der Waals surface area contributed by atoms with Gasteiger partial charge < -0.3 is 9.72 Å². The molecule has 1 atom stereocenters. The smallest absolute Gasteiger partial charge is 0.328 e. The van der Waals surface area contributed by atoms with Crippen LogP contribution in [0.1, 0.15) is 12.8 Å². The molecule has 3 heterocycles. The van der Waals surface area contributed by atoms with Crippen molar-refractivity contribution in [3.8, 4) is 0 Å². The molecule has 3 rings (SSSR count). The minimum absolute atomic E-state index is 0.00814. The number of hydrogen-bond acceptors (Lipinski definition) is 4. The minimum atomic E-state index is -0.351. The lowest BCUT2D eigenvalue weighted by Gasteiger charge is -2.10. The van der Waals surface area contributed by atoms with E-state index in [4.69, 9.17) is 4.74 Å². The molecule has 1 unspecified atom stereocenters. The van der Waals surface area contributed by atoms with E-state index in [1.165, 1.54) is 15.9 Å². The predicted octanol–water partition coefficient (Wildman–Crippen LogP) is 0.930. The molecule has 1 N–H and O–H groups in total. The lowest BCUT2D eigenvalue weighted by Crippen LogP contribution is -2.37. The minimum Gasteiger partial charge on any atom is -0.376 e. The summed E-state index contributed by atoms with van der Waals surface area (Å²) < 4.78 is 7.30. The van der Waals surface area contributed by atoms with E-state index < -0.39 is 0 Å². The van der Waals surface area contributed by atoms with Gasteiger partial charge in [0.05, 0.1) is 18.2 Å². The molecule has 0 bridgehead atoms. The Bertz CT molecular complexity index is 649. The first-order valence-corrected chi connectivity index (χ1v) is 6.45. The van der Waals surface area contributed by atoms with E-state index in [0.717, 1.165) is 19.4 Å². The predicted molar refractivity (Wildman–Crippen MR) is 65.7 cm³/mol. The van der Waals surface area contributed by atoms with Crippen molar-refractivity contribution >= 4 is 21.6 Å². The Morgan fingerprint density at radius 1 is 1.53 bits per heavy atom. The van der Waals surface area contributed by atoms with Crippen molar-refractivity contribution in [2.75, 3.05) is 6.61 Å². The Morgan fingerprint density at radius 3 is 3.18 bits per heavy atom. The van der Waals surface area contributed by atoms with E-state index in [0.29, 0.717) is 16.8 Å². The summed E-state index contributed by atoms with van der Waals surface area (Å²) in [6.45, 7) is 1.07. The van der Waals surface area contributed by atoms with Gasteiger partial charge in [0.2, 0.25) is 0 Å². The first-order chi connectivity index (χ1) is 8.25. The highest BCUT2D eigenvalue weighted by atomic mass is 32.1. The average molecular weight is 252 g/mol. The number of H-pyrrole nitrogens is 1. The van der Waals surface area contributed by atoms with Crippen LogP contribution in [0.5, 0.6) is 0 Å². The van der Waals surface area contributed by atoms with Gasteiger partial charge in [-0.2, -0.15) is 0 Å². The maximum atomic E-state index is 12.1. The molecule has 90 valence electrons. The van der Waals surface area contributed by atoms with Gasteiger partial charge in [0.25, 0.3) is 5.56 Å². The van der Waals surface area contributed by atoms with Gasteiger partial charge >= 0.3 is 5.69 Å². The number of aromatic nitrogens is 2. The van der Waals surface area contributed by atoms with Gasteiger partial charge in [-0.25, -0.2) is 4.79 Å². The van der Waals surface area contributed by atoms with Crippen molar-refractivity contribution in [3.05, 3.63) is 32.3 Å². The zero-order valence-electron chi connectivity index (χ0n) is 9.14. The topological polar surface area (TPSA) is 64.1 Å². The fourth-order valence-corrected chi connectivity index (χ4v) is 2.93. The molecule has 5 nitrogen and oxygen atoms in total. The lowest BCUT2D eigenvalue weighted by atomic mass is 10.2. The van der Waals surface area contributed by atoms with Crippen molar-refractivity contribution in [2.24, 2.45) is 0 Å². The van der Waals surface area contributed by atoms with E-state index >= 15 is 0 Å². The molecule has 1 aliphatic rings. The maximum absolute atomic E-state index is 12.1. The summed E-state index contributed by atoms with van der Waals surface area (Å²) in [4.78, 5) is 26.6. The fourth-order valence-electron chi connectivity index (χ4n) is 2.13. The Labute approximate surface area is 101 Å². The van der Waals surface area contributed by atoms with Crippen molar-refractivity contribution in [2.45, 2.75) is 25.5 Å². The normalized spacial score (nSPS) is 20.1. The Morgan fingerprint density at radius 2 is 2.41 bits per heavy atom. The van der Waals surface area contributed by atoms with Crippen molar-refractivity contribution in [1.82, 2.24) is 9.55 Å². The van der Waals surface area contributed by atoms with Gasteiger partial charge in [0, 0.05) is 6.61 Å². The summed E-state index contributed by atoms with van der Waals surface area (Å²) in [7, 11) is 0. The first-order valence-electron chi connectivity index (χ1n) is 5.57. The standard InChI is InChI=1S/C11H12N2O3S/c14-10-9-8(3-5-17-9)12-11(15)13(10)6-7-2-1-4-16-7/h3,5,7H,1-2,4,6H2,(H,12,15). The molecule has 0 saturated carbocycles. The molecule has 2 aromatic heterocycles. The average Bonchev–Trinajstić information content (AvgIpc) is 2.94. The third kappa shape index (κ3) is 1.83. The van der Waals surface area contributed by atoms with Gasteiger partial charge in [0.15, 0.2) is 0 Å². The highest BCUT2D eigenvalue weighted by molar-refractivity contribution is 7.17. The number of thiophene rings is 1. The van der Waals surface area contributed by atoms with Gasteiger partial charge in [0.1, 0.15) is 4.70 Å². The molecule has 0 spiro atoms. The molecule has 17 heavy (non-hydrogen) atoms. The summed E-state index contributed by atoms with van der Waals surface area (Å²) in [5.41, 5.74) is 0.0549. The van der Waals surface area contributed by atoms with Crippen LogP contribution in [0, 0.1) is 0 Å². The Kier molecular flexibility index (Phi) is 2.60. The summed E-state index contributed by atoms with van der Waals surface area (Å²) in [5, 5.41) is 1.80. The quantitative estimate of drug-likeness (QED) is 0.864. The maximum Gasteiger partial charge on any atom is 0.328 e. The highest BCUT2D eigenvalue weighted by Crippen LogP contribution is 2.14. The SMILES string of the molecule is O=c1[nH]c2ccsc2c(=O)n1CC1CCCO1. The number of ether oxygens (including phenoxy) is 1. The molecule has 1 fully saturated rings. The van der Waals surface area contributed by atoms with Crippen molar-refractivity contribution < 1.29 is 4.74 Å². The molecular formula is C11H12N2O3S. The Hall–Kier alpha value is -1.40. The number of aromatic amines is 1. The fraction of sp³-hybridized carbons (Fsp3) is 0.455. The third-order valence-electron chi connectivity index (χ3n) is 3.00. The van der Waals surface area contributed by atoms with Crippen molar-refractivity contribution in [1.29, 1.82) is 0 Å². The second-order valence-electron chi connectivity index (χ2n) is 4.14. The number of nitrogens with one attached hydrogen (secondary N) is 1. The summed E-state index contributed by atoms with van der Waals surface area (Å²) in [5.74, 6) is 0. The van der Waals surface area contributed by atoms with E-state index in [9.17, 15) is 9.59 Å². The number of hydrogen-bond donors (Lipinski definition) is 1. The van der Waals surface area contributed by atoms with E-state index in [1.54, 1.807) is 11.4 Å². The molecule has 0 aliphatic carbocycles. The van der Waals surface area contributed by atoms with Crippen LogP contribution >= 0.6 is 11.3 Å². The zero-order valence-corrected chi connectivity index (χ0v) is 9.96. The zero-order chi connectivity index (χ0) is 11.8. The first kappa shape index (κ1) is 10.7. The molecule has 1 saturated heterocycles. The van der Waals surface area contributed by atoms with Crippen molar-refractivity contribution in [3.63, 3.8) is 0 Å². The second-order valence-corrected chi connectivity index (χ2v) is 5.06. The van der Waals surface area contributed by atoms with Gasteiger partial charge in [-0.15, -0.1) is 11.3 Å². The van der Waals surface area contributed by atoms with Crippen LogP contribution in [0.3, 0.4) is 0 Å². The third-order valence-corrected chi connectivity index (χ3v) is 3.90. The van der Waals surface area contributed by atoms with Crippen LogP contribution in [0.25, 0.3) is 10.2 Å². The second kappa shape index (κ2) is 4.12. The van der Waals surface area contributed by atoms with Gasteiger partial charge in [-0.1, -0.05) is 0 Å². The molecular weight excluding hydrogens is 240 g/mol.